The van der Waals surface area contributed by atoms with Gasteiger partial charge in [-0.3, -0.25) is 4.90 Å². The van der Waals surface area contributed by atoms with Crippen molar-refractivity contribution in [3.05, 3.63) is 35.4 Å². The Bertz CT molecular complexity index is 469. The number of rotatable bonds is 5. The fourth-order valence-electron chi connectivity index (χ4n) is 3.00. The zero-order chi connectivity index (χ0) is 14.4. The van der Waals surface area contributed by atoms with Gasteiger partial charge in [0.05, 0.1) is 19.2 Å². The van der Waals surface area contributed by atoms with E-state index in [1.165, 1.54) is 11.1 Å². The fourth-order valence-corrected chi connectivity index (χ4v) is 3.00. The molecule has 2 unspecified atom stereocenters. The summed E-state index contributed by atoms with van der Waals surface area (Å²) in [5.74, 6) is 0.452. The van der Waals surface area contributed by atoms with Crippen LogP contribution in [0.1, 0.15) is 23.5 Å². The number of piperidine rings is 1. The first kappa shape index (κ1) is 15.0. The van der Waals surface area contributed by atoms with Crippen molar-refractivity contribution in [3.8, 4) is 6.07 Å². The first-order valence-electron chi connectivity index (χ1n) is 7.23. The van der Waals surface area contributed by atoms with Crippen molar-refractivity contribution < 1.29 is 5.11 Å². The van der Waals surface area contributed by atoms with Crippen LogP contribution in [0.3, 0.4) is 0 Å². The van der Waals surface area contributed by atoms with E-state index in [2.05, 4.69) is 47.5 Å². The van der Waals surface area contributed by atoms with Gasteiger partial charge >= 0.3 is 0 Å². The number of aliphatic hydroxyl groups is 1. The van der Waals surface area contributed by atoms with Crippen LogP contribution in [0.2, 0.25) is 0 Å². The van der Waals surface area contributed by atoms with Gasteiger partial charge in [-0.1, -0.05) is 29.8 Å². The maximum Gasteiger partial charge on any atom is 0.0866 e. The van der Waals surface area contributed by atoms with Crippen LogP contribution in [0, 0.1) is 18.3 Å². The molecule has 1 heterocycles. The Morgan fingerprint density at radius 2 is 2.30 bits per heavy atom. The average molecular weight is 273 g/mol. The highest BCUT2D eigenvalue weighted by atomic mass is 16.3. The van der Waals surface area contributed by atoms with E-state index in [1.807, 2.05) is 0 Å². The van der Waals surface area contributed by atoms with Crippen molar-refractivity contribution in [1.82, 2.24) is 10.2 Å². The molecule has 0 bridgehead atoms. The summed E-state index contributed by atoms with van der Waals surface area (Å²) in [6, 6.07) is 11.2. The van der Waals surface area contributed by atoms with Gasteiger partial charge in [0, 0.05) is 25.7 Å². The molecule has 1 fully saturated rings. The maximum absolute atomic E-state index is 8.96. The molecule has 0 amide bonds. The van der Waals surface area contributed by atoms with Crippen LogP contribution < -0.4 is 5.32 Å². The molecule has 1 aliphatic rings. The van der Waals surface area contributed by atoms with Crippen molar-refractivity contribution >= 4 is 0 Å². The molecular formula is C16H23N3O. The molecule has 2 atom stereocenters. The number of aryl methyl sites for hydroxylation is 1. The summed E-state index contributed by atoms with van der Waals surface area (Å²) >= 11 is 0. The lowest BCUT2D eigenvalue weighted by molar-refractivity contribution is 0.181. The van der Waals surface area contributed by atoms with E-state index in [1.54, 1.807) is 0 Å². The van der Waals surface area contributed by atoms with Crippen LogP contribution in [0.5, 0.6) is 0 Å². The lowest BCUT2D eigenvalue weighted by Crippen LogP contribution is -2.49. The van der Waals surface area contributed by atoms with Gasteiger partial charge in [0.2, 0.25) is 0 Å². The molecule has 4 nitrogen and oxygen atoms in total. The number of nitrogens with zero attached hydrogens (tertiary/aromatic N) is 2. The minimum atomic E-state index is 0.157. The van der Waals surface area contributed by atoms with E-state index >= 15 is 0 Å². The topological polar surface area (TPSA) is 59.3 Å². The second-order valence-electron chi connectivity index (χ2n) is 5.57. The lowest BCUT2D eigenvalue weighted by Gasteiger charge is -2.37. The third-order valence-electron chi connectivity index (χ3n) is 3.88. The van der Waals surface area contributed by atoms with E-state index in [9.17, 15) is 0 Å². The number of likely N-dealkylation sites (tertiary alicyclic amines) is 1. The van der Waals surface area contributed by atoms with Crippen LogP contribution in [0.4, 0.5) is 0 Å². The molecule has 108 valence electrons. The van der Waals surface area contributed by atoms with Gasteiger partial charge in [0.15, 0.2) is 0 Å². The van der Waals surface area contributed by atoms with Crippen LogP contribution in [-0.4, -0.2) is 48.8 Å². The predicted molar refractivity (Wildman–Crippen MR) is 79.5 cm³/mol. The van der Waals surface area contributed by atoms with Gasteiger partial charge in [-0.05, 0) is 24.8 Å². The van der Waals surface area contributed by atoms with E-state index in [4.69, 9.17) is 10.4 Å². The highest BCUT2D eigenvalue weighted by Gasteiger charge is 2.27. The average Bonchev–Trinajstić information content (AvgIpc) is 2.45. The molecule has 4 heteroatoms. The molecule has 0 aliphatic carbocycles. The molecule has 2 N–H and O–H groups in total. The lowest BCUT2D eigenvalue weighted by atomic mass is 9.87. The minimum absolute atomic E-state index is 0.157. The number of nitrogens with one attached hydrogen (secondary N) is 1. The molecular weight excluding hydrogens is 250 g/mol. The SMILES string of the molecule is Cc1cccc(C2CC(NCCO)CN(CC#N)C2)c1. The number of nitriles is 1. The van der Waals surface area contributed by atoms with E-state index < -0.39 is 0 Å². The summed E-state index contributed by atoms with van der Waals surface area (Å²) in [6.07, 6.45) is 1.06. The largest absolute Gasteiger partial charge is 0.395 e. The van der Waals surface area contributed by atoms with Crippen molar-refractivity contribution in [1.29, 1.82) is 5.26 Å². The van der Waals surface area contributed by atoms with E-state index in [0.29, 0.717) is 25.0 Å². The van der Waals surface area contributed by atoms with Crippen LogP contribution >= 0.6 is 0 Å². The number of aliphatic hydroxyl groups excluding tert-OH is 1. The normalized spacial score (nSPS) is 23.4. The number of benzene rings is 1. The van der Waals surface area contributed by atoms with Gasteiger partial charge in [0.1, 0.15) is 0 Å². The van der Waals surface area contributed by atoms with Crippen molar-refractivity contribution in [2.75, 3.05) is 32.8 Å². The van der Waals surface area contributed by atoms with Gasteiger partial charge in [0.25, 0.3) is 0 Å². The first-order chi connectivity index (χ1) is 9.72. The third-order valence-corrected chi connectivity index (χ3v) is 3.88. The molecule has 0 radical (unpaired) electrons. The van der Waals surface area contributed by atoms with Crippen molar-refractivity contribution in [3.63, 3.8) is 0 Å². The van der Waals surface area contributed by atoms with Crippen LogP contribution in [-0.2, 0) is 0 Å². The van der Waals surface area contributed by atoms with E-state index in [0.717, 1.165) is 19.5 Å². The third kappa shape index (κ3) is 4.04. The minimum Gasteiger partial charge on any atom is -0.395 e. The van der Waals surface area contributed by atoms with Crippen molar-refractivity contribution in [2.24, 2.45) is 0 Å². The van der Waals surface area contributed by atoms with Gasteiger partial charge in [-0.2, -0.15) is 5.26 Å². The second-order valence-corrected chi connectivity index (χ2v) is 5.57. The highest BCUT2D eigenvalue weighted by molar-refractivity contribution is 5.26. The Morgan fingerprint density at radius 1 is 1.45 bits per heavy atom. The molecule has 0 saturated carbocycles. The number of hydrogen-bond donors (Lipinski definition) is 2. The molecule has 1 aromatic carbocycles. The molecule has 1 aromatic rings. The first-order valence-corrected chi connectivity index (χ1v) is 7.23. The molecule has 20 heavy (non-hydrogen) atoms. The standard InChI is InChI=1S/C16H23N3O/c1-13-3-2-4-14(9-13)15-10-16(18-6-8-20)12-19(11-15)7-5-17/h2-4,9,15-16,18,20H,6-8,10-12H2,1H3. The Morgan fingerprint density at radius 3 is 3.00 bits per heavy atom. The summed E-state index contributed by atoms with van der Waals surface area (Å²) in [6.45, 7) is 5.18. The highest BCUT2D eigenvalue weighted by Crippen LogP contribution is 2.27. The zero-order valence-corrected chi connectivity index (χ0v) is 12.0. The second kappa shape index (κ2) is 7.39. The van der Waals surface area contributed by atoms with Gasteiger partial charge < -0.3 is 10.4 Å². The fraction of sp³-hybridized carbons (Fsp3) is 0.562. The monoisotopic (exact) mass is 273 g/mol. The zero-order valence-electron chi connectivity index (χ0n) is 12.0. The Labute approximate surface area is 121 Å². The van der Waals surface area contributed by atoms with Crippen LogP contribution in [0.15, 0.2) is 24.3 Å². The van der Waals surface area contributed by atoms with E-state index in [-0.39, 0.29) is 6.61 Å². The quantitative estimate of drug-likeness (QED) is 0.793. The Balaban J connectivity index is 2.08. The molecule has 1 aliphatic heterocycles. The summed E-state index contributed by atoms with van der Waals surface area (Å²) in [5.41, 5.74) is 2.63. The van der Waals surface area contributed by atoms with Gasteiger partial charge in [-0.15, -0.1) is 0 Å². The smallest absolute Gasteiger partial charge is 0.0866 e. The number of hydrogen-bond acceptors (Lipinski definition) is 4. The van der Waals surface area contributed by atoms with Crippen molar-refractivity contribution in [2.45, 2.75) is 25.3 Å². The summed E-state index contributed by atoms with van der Waals surface area (Å²) in [4.78, 5) is 2.20. The predicted octanol–water partition coefficient (Wildman–Crippen LogP) is 1.26. The maximum atomic E-state index is 8.96. The van der Waals surface area contributed by atoms with Gasteiger partial charge in [-0.25, -0.2) is 0 Å². The molecule has 1 saturated heterocycles. The molecule has 2 rings (SSSR count). The molecule has 0 spiro atoms. The Hall–Kier alpha value is -1.41. The summed E-state index contributed by atoms with van der Waals surface area (Å²) in [7, 11) is 0. The summed E-state index contributed by atoms with van der Waals surface area (Å²) in [5, 5.41) is 21.3. The summed E-state index contributed by atoms with van der Waals surface area (Å²) < 4.78 is 0. The Kier molecular flexibility index (Phi) is 5.54. The van der Waals surface area contributed by atoms with Crippen LogP contribution in [0.25, 0.3) is 0 Å². The molecule has 0 aromatic heterocycles.